The fourth-order valence-electron chi connectivity index (χ4n) is 3.44. The van der Waals surface area contributed by atoms with Gasteiger partial charge in [-0.05, 0) is 38.1 Å². The van der Waals surface area contributed by atoms with Gasteiger partial charge in [0.2, 0.25) is 0 Å². The quantitative estimate of drug-likeness (QED) is 0.407. The minimum Gasteiger partial charge on any atom is -0.456 e. The van der Waals surface area contributed by atoms with E-state index >= 15 is 0 Å². The van der Waals surface area contributed by atoms with E-state index < -0.39 is 0 Å². The van der Waals surface area contributed by atoms with Gasteiger partial charge < -0.3 is 4.42 Å². The minimum atomic E-state index is 0.666. The highest BCUT2D eigenvalue weighted by Gasteiger charge is 2.07. The van der Waals surface area contributed by atoms with Crippen LogP contribution >= 0.6 is 0 Å². The summed E-state index contributed by atoms with van der Waals surface area (Å²) >= 11 is 0. The van der Waals surface area contributed by atoms with Gasteiger partial charge in [-0.1, -0.05) is 53.6 Å². The molecule has 0 aliphatic rings. The first-order chi connectivity index (χ1) is 14.7. The molecule has 0 amide bonds. The van der Waals surface area contributed by atoms with Crippen LogP contribution in [0.5, 0.6) is 0 Å². The van der Waals surface area contributed by atoms with E-state index in [1.54, 1.807) is 6.33 Å². The number of hydrogen-bond acceptors (Lipinski definition) is 5. The number of nitrogens with zero attached hydrogens (tertiary/aromatic N) is 3. The van der Waals surface area contributed by atoms with E-state index in [1.807, 2.05) is 42.5 Å². The number of fused-ring (bicyclic) bond motifs is 2. The SMILES string of the molecule is Cc1ccc(-c2cc(=NNc3ncnc4ccccc34)c3cc(C)ccc3o2)cc1. The molecule has 146 valence electrons. The van der Waals surface area contributed by atoms with Gasteiger partial charge in [-0.2, -0.15) is 5.10 Å². The van der Waals surface area contributed by atoms with Gasteiger partial charge in [0.25, 0.3) is 0 Å². The van der Waals surface area contributed by atoms with Gasteiger partial charge in [0.1, 0.15) is 17.7 Å². The summed E-state index contributed by atoms with van der Waals surface area (Å²) in [6.45, 7) is 4.13. The zero-order valence-electron chi connectivity index (χ0n) is 16.8. The van der Waals surface area contributed by atoms with Crippen LogP contribution in [0.1, 0.15) is 11.1 Å². The van der Waals surface area contributed by atoms with Crippen molar-refractivity contribution in [3.05, 3.63) is 95.6 Å². The van der Waals surface area contributed by atoms with Crippen LogP contribution < -0.4 is 10.8 Å². The van der Waals surface area contributed by atoms with Gasteiger partial charge >= 0.3 is 0 Å². The molecular weight excluding hydrogens is 372 g/mol. The normalized spacial score (nSPS) is 11.9. The molecule has 30 heavy (non-hydrogen) atoms. The van der Waals surface area contributed by atoms with Crippen molar-refractivity contribution in [2.45, 2.75) is 13.8 Å². The molecule has 0 saturated heterocycles. The second-order valence-electron chi connectivity index (χ2n) is 7.32. The lowest BCUT2D eigenvalue weighted by molar-refractivity contribution is 0.618. The monoisotopic (exact) mass is 392 g/mol. The van der Waals surface area contributed by atoms with Crippen LogP contribution in [0.15, 0.2) is 88.6 Å². The van der Waals surface area contributed by atoms with E-state index in [0.29, 0.717) is 5.82 Å². The molecule has 2 aromatic heterocycles. The van der Waals surface area contributed by atoms with Gasteiger partial charge in [-0.3, -0.25) is 5.43 Å². The summed E-state index contributed by atoms with van der Waals surface area (Å²) in [5.41, 5.74) is 8.15. The van der Waals surface area contributed by atoms with E-state index in [4.69, 9.17) is 9.52 Å². The molecule has 0 spiro atoms. The smallest absolute Gasteiger partial charge is 0.157 e. The van der Waals surface area contributed by atoms with Crippen LogP contribution in [0, 0.1) is 13.8 Å². The Kier molecular flexibility index (Phi) is 4.48. The summed E-state index contributed by atoms with van der Waals surface area (Å²) < 4.78 is 6.19. The van der Waals surface area contributed by atoms with E-state index in [-0.39, 0.29) is 0 Å². The van der Waals surface area contributed by atoms with Crippen LogP contribution in [0.3, 0.4) is 0 Å². The summed E-state index contributed by atoms with van der Waals surface area (Å²) in [7, 11) is 0. The van der Waals surface area contributed by atoms with Crippen molar-refractivity contribution in [2.24, 2.45) is 5.10 Å². The standard InChI is InChI=1S/C25H20N4O/c1-16-7-10-18(11-8-16)24-14-22(20-13-17(2)9-12-23(20)30-24)28-29-25-19-5-3-4-6-21(19)26-15-27-25/h3-15H,1-2H3,(H,26,27,29). The largest absolute Gasteiger partial charge is 0.456 e. The number of benzene rings is 3. The molecule has 0 radical (unpaired) electrons. The van der Waals surface area contributed by atoms with Crippen molar-refractivity contribution < 1.29 is 4.42 Å². The number of aromatic nitrogens is 2. The lowest BCUT2D eigenvalue weighted by atomic mass is 10.1. The maximum absolute atomic E-state index is 6.19. The molecule has 0 fully saturated rings. The average Bonchev–Trinajstić information content (AvgIpc) is 2.78. The number of hydrogen-bond donors (Lipinski definition) is 1. The van der Waals surface area contributed by atoms with Crippen molar-refractivity contribution in [3.63, 3.8) is 0 Å². The highest BCUT2D eigenvalue weighted by atomic mass is 16.3. The lowest BCUT2D eigenvalue weighted by Gasteiger charge is -2.07. The van der Waals surface area contributed by atoms with Crippen molar-refractivity contribution in [1.29, 1.82) is 0 Å². The van der Waals surface area contributed by atoms with Crippen LogP contribution in [0.25, 0.3) is 33.2 Å². The lowest BCUT2D eigenvalue weighted by Crippen LogP contribution is -2.08. The van der Waals surface area contributed by atoms with Crippen LogP contribution in [0.4, 0.5) is 5.82 Å². The topological polar surface area (TPSA) is 63.3 Å². The fourth-order valence-corrected chi connectivity index (χ4v) is 3.44. The van der Waals surface area contributed by atoms with Crippen LogP contribution in [-0.4, -0.2) is 9.97 Å². The Labute approximate surface area is 173 Å². The summed E-state index contributed by atoms with van der Waals surface area (Å²) in [5.74, 6) is 1.43. The number of para-hydroxylation sites is 1. The molecule has 5 heteroatoms. The first-order valence-electron chi connectivity index (χ1n) is 9.78. The third kappa shape index (κ3) is 3.42. The Hall–Kier alpha value is -3.99. The molecule has 0 aliphatic heterocycles. The zero-order valence-corrected chi connectivity index (χ0v) is 16.8. The Bertz CT molecular complexity index is 1430. The van der Waals surface area contributed by atoms with Crippen molar-refractivity contribution in [1.82, 2.24) is 9.97 Å². The highest BCUT2D eigenvalue weighted by Crippen LogP contribution is 2.23. The van der Waals surface area contributed by atoms with E-state index in [1.165, 1.54) is 5.56 Å². The van der Waals surface area contributed by atoms with Gasteiger partial charge in [-0.25, -0.2) is 9.97 Å². The van der Waals surface area contributed by atoms with Crippen molar-refractivity contribution in [2.75, 3.05) is 5.43 Å². The Morgan fingerprint density at radius 2 is 1.60 bits per heavy atom. The Balaban J connectivity index is 1.68. The Morgan fingerprint density at radius 3 is 2.47 bits per heavy atom. The molecule has 0 bridgehead atoms. The summed E-state index contributed by atoms with van der Waals surface area (Å²) in [6.07, 6.45) is 1.54. The summed E-state index contributed by atoms with van der Waals surface area (Å²) in [5, 5.41) is 7.35. The molecule has 5 aromatic rings. The molecule has 0 atom stereocenters. The highest BCUT2D eigenvalue weighted by molar-refractivity contribution is 5.88. The van der Waals surface area contributed by atoms with Crippen LogP contribution in [-0.2, 0) is 0 Å². The molecule has 0 unspecified atom stereocenters. The molecule has 2 heterocycles. The zero-order chi connectivity index (χ0) is 20.5. The average molecular weight is 392 g/mol. The van der Waals surface area contributed by atoms with E-state index in [9.17, 15) is 0 Å². The predicted molar refractivity (Wildman–Crippen MR) is 120 cm³/mol. The molecular formula is C25H20N4O. The number of rotatable bonds is 3. The molecule has 0 aliphatic carbocycles. The second kappa shape index (κ2) is 7.44. The van der Waals surface area contributed by atoms with Crippen molar-refractivity contribution >= 4 is 27.7 Å². The van der Waals surface area contributed by atoms with Crippen molar-refractivity contribution in [3.8, 4) is 11.3 Å². The molecule has 0 saturated carbocycles. The number of aryl methyl sites for hydroxylation is 2. The first kappa shape index (κ1) is 18.1. The third-order valence-electron chi connectivity index (χ3n) is 5.06. The van der Waals surface area contributed by atoms with E-state index in [0.717, 1.165) is 44.1 Å². The van der Waals surface area contributed by atoms with E-state index in [2.05, 4.69) is 59.6 Å². The van der Waals surface area contributed by atoms with Gasteiger partial charge in [0, 0.05) is 22.4 Å². The maximum Gasteiger partial charge on any atom is 0.157 e. The third-order valence-corrected chi connectivity index (χ3v) is 5.06. The molecule has 5 rings (SSSR count). The fraction of sp³-hybridized carbons (Fsp3) is 0.0800. The minimum absolute atomic E-state index is 0.666. The Morgan fingerprint density at radius 1 is 0.800 bits per heavy atom. The van der Waals surface area contributed by atoms with Gasteiger partial charge in [0.15, 0.2) is 5.82 Å². The molecule has 3 aromatic carbocycles. The molecule has 5 nitrogen and oxygen atoms in total. The molecule has 1 N–H and O–H groups in total. The van der Waals surface area contributed by atoms with Crippen LogP contribution in [0.2, 0.25) is 0 Å². The number of nitrogens with one attached hydrogen (secondary N) is 1. The predicted octanol–water partition coefficient (Wildman–Crippen LogP) is 5.59. The summed E-state index contributed by atoms with van der Waals surface area (Å²) in [4.78, 5) is 8.68. The number of anilines is 1. The summed E-state index contributed by atoms with van der Waals surface area (Å²) in [6, 6.07) is 24.2. The second-order valence-corrected chi connectivity index (χ2v) is 7.32. The maximum atomic E-state index is 6.19. The van der Waals surface area contributed by atoms with Gasteiger partial charge in [-0.15, -0.1) is 0 Å². The van der Waals surface area contributed by atoms with Gasteiger partial charge in [0.05, 0.1) is 10.9 Å². The first-order valence-corrected chi connectivity index (χ1v) is 9.78.